The zero-order chi connectivity index (χ0) is 30.5. The molecule has 2 saturated heterocycles. The number of carbonyl (C=O) groups excluding carboxylic acids is 1. The van der Waals surface area contributed by atoms with Gasteiger partial charge >= 0.3 is 0 Å². The third-order valence-electron chi connectivity index (χ3n) is 8.07. The van der Waals surface area contributed by atoms with E-state index in [1.165, 1.54) is 22.5 Å². The second kappa shape index (κ2) is 13.4. The summed E-state index contributed by atoms with van der Waals surface area (Å²) >= 11 is 0. The molecular formula is C30H39N4O7S-. The standard InChI is InChI=1S/C30H40N4O7S/c1-30(2,13-7-14-31)20-33(42(38,39)23-11-6-10-22(32)17-23)18-27(35)25(16-21-8-4-3-5-9-21)34(29(36)37)26-19-41-28-24(26)12-15-40-28/h3-6,8-11,17,24-28,35H,7,12-13,15-16,18-20,32H2,1-2H3,(H,36,37)/p-1/t24-,25+,26-,27-,28+/m1/s1. The van der Waals surface area contributed by atoms with Gasteiger partial charge in [0.25, 0.3) is 0 Å². The van der Waals surface area contributed by atoms with Crippen molar-refractivity contribution in [3.8, 4) is 6.07 Å². The first-order valence-electron chi connectivity index (χ1n) is 14.1. The molecule has 2 aliphatic heterocycles. The molecule has 2 aromatic carbocycles. The first-order valence-corrected chi connectivity index (χ1v) is 15.5. The van der Waals surface area contributed by atoms with Crippen molar-refractivity contribution < 1.29 is 32.9 Å². The van der Waals surface area contributed by atoms with E-state index in [2.05, 4.69) is 6.07 Å². The number of nitrogens with zero attached hydrogens (tertiary/aromatic N) is 3. The largest absolute Gasteiger partial charge is 0.530 e. The number of ether oxygens (including phenoxy) is 2. The van der Waals surface area contributed by atoms with E-state index in [-0.39, 0.29) is 42.5 Å². The third-order valence-corrected chi connectivity index (χ3v) is 9.88. The predicted octanol–water partition coefficient (Wildman–Crippen LogP) is 1.97. The van der Waals surface area contributed by atoms with Crippen LogP contribution in [-0.4, -0.2) is 79.6 Å². The van der Waals surface area contributed by atoms with Gasteiger partial charge in [0.05, 0.1) is 42.4 Å². The zero-order valence-electron chi connectivity index (χ0n) is 24.0. The average Bonchev–Trinajstić information content (AvgIpc) is 3.56. The Labute approximate surface area is 247 Å². The number of sulfonamides is 1. The van der Waals surface area contributed by atoms with Crippen molar-refractivity contribution >= 4 is 21.8 Å². The molecule has 1 amide bonds. The first-order chi connectivity index (χ1) is 19.9. The Kier molecular flexibility index (Phi) is 10.1. The van der Waals surface area contributed by atoms with Crippen molar-refractivity contribution in [2.45, 2.75) is 68.9 Å². The van der Waals surface area contributed by atoms with Crippen LogP contribution in [0.25, 0.3) is 0 Å². The number of hydrogen-bond donors (Lipinski definition) is 2. The molecule has 42 heavy (non-hydrogen) atoms. The molecular weight excluding hydrogens is 560 g/mol. The molecule has 0 radical (unpaired) electrons. The first kappa shape index (κ1) is 31.7. The molecule has 0 aliphatic carbocycles. The predicted molar refractivity (Wildman–Crippen MR) is 153 cm³/mol. The molecule has 0 bridgehead atoms. The molecule has 3 N–H and O–H groups in total. The van der Waals surface area contributed by atoms with Crippen molar-refractivity contribution in [1.29, 1.82) is 5.26 Å². The average molecular weight is 600 g/mol. The summed E-state index contributed by atoms with van der Waals surface area (Å²) in [6, 6.07) is 15.4. The zero-order valence-corrected chi connectivity index (χ0v) is 24.8. The fourth-order valence-electron chi connectivity index (χ4n) is 5.87. The molecule has 2 heterocycles. The van der Waals surface area contributed by atoms with Crippen LogP contribution in [0.4, 0.5) is 10.5 Å². The molecule has 0 spiro atoms. The van der Waals surface area contributed by atoms with E-state index in [4.69, 9.17) is 20.5 Å². The lowest BCUT2D eigenvalue weighted by Crippen LogP contribution is -2.61. The summed E-state index contributed by atoms with van der Waals surface area (Å²) in [6.45, 7) is 3.80. The smallest absolute Gasteiger partial charge is 0.243 e. The highest BCUT2D eigenvalue weighted by molar-refractivity contribution is 7.89. The maximum atomic E-state index is 14.0. The molecule has 5 atom stereocenters. The van der Waals surface area contributed by atoms with Gasteiger partial charge in [-0.15, -0.1) is 0 Å². The molecule has 0 saturated carbocycles. The number of nitrogen functional groups attached to an aromatic ring is 1. The lowest BCUT2D eigenvalue weighted by molar-refractivity contribution is -0.273. The minimum absolute atomic E-state index is 0.0165. The molecule has 2 fully saturated rings. The van der Waals surface area contributed by atoms with Gasteiger partial charge < -0.3 is 35.1 Å². The molecule has 2 aromatic rings. The number of amides is 1. The molecule has 2 aliphatic rings. The van der Waals surface area contributed by atoms with Crippen molar-refractivity contribution in [2.24, 2.45) is 11.3 Å². The summed E-state index contributed by atoms with van der Waals surface area (Å²) in [5, 5.41) is 33.7. The molecule has 228 valence electrons. The Morgan fingerprint density at radius 3 is 2.62 bits per heavy atom. The Hall–Kier alpha value is -3.21. The number of carboxylic acid groups (broad SMARTS) is 1. The Balaban J connectivity index is 1.71. The van der Waals surface area contributed by atoms with E-state index < -0.39 is 52.6 Å². The topological polar surface area (TPSA) is 169 Å². The Morgan fingerprint density at radius 2 is 1.95 bits per heavy atom. The van der Waals surface area contributed by atoms with Crippen molar-refractivity contribution in [1.82, 2.24) is 9.21 Å². The normalized spacial score (nSPS) is 21.9. The van der Waals surface area contributed by atoms with Crippen LogP contribution in [0.15, 0.2) is 59.5 Å². The second-order valence-electron chi connectivity index (χ2n) is 11.8. The van der Waals surface area contributed by atoms with Crippen molar-refractivity contribution in [3.63, 3.8) is 0 Å². The van der Waals surface area contributed by atoms with Gasteiger partial charge in [0.1, 0.15) is 6.09 Å². The molecule has 0 unspecified atom stereocenters. The summed E-state index contributed by atoms with van der Waals surface area (Å²) in [7, 11) is -4.18. The Bertz CT molecular complexity index is 1370. The van der Waals surface area contributed by atoms with Gasteiger partial charge in [0.15, 0.2) is 6.29 Å². The number of fused-ring (bicyclic) bond motifs is 1. The number of nitrogens with two attached hydrogens (primary N) is 1. The van der Waals surface area contributed by atoms with Gasteiger partial charge in [0.2, 0.25) is 10.0 Å². The number of aliphatic hydroxyl groups excluding tert-OH is 1. The van der Waals surface area contributed by atoms with E-state index in [1.54, 1.807) is 6.07 Å². The number of hydrogen-bond acceptors (Lipinski definition) is 9. The minimum Gasteiger partial charge on any atom is -0.530 e. The van der Waals surface area contributed by atoms with E-state index in [1.807, 2.05) is 44.2 Å². The van der Waals surface area contributed by atoms with Crippen LogP contribution in [0.3, 0.4) is 0 Å². The minimum atomic E-state index is -4.18. The van der Waals surface area contributed by atoms with Gasteiger partial charge in [-0.1, -0.05) is 50.2 Å². The van der Waals surface area contributed by atoms with Gasteiger partial charge in [-0.25, -0.2) is 8.42 Å². The summed E-state index contributed by atoms with van der Waals surface area (Å²) in [6.07, 6.45) is -2.09. The van der Waals surface area contributed by atoms with Crippen LogP contribution in [0.5, 0.6) is 0 Å². The molecule has 11 nitrogen and oxygen atoms in total. The molecule has 0 aromatic heterocycles. The monoisotopic (exact) mass is 599 g/mol. The van der Waals surface area contributed by atoms with Gasteiger partial charge in [-0.3, -0.25) is 0 Å². The number of carbonyl (C=O) groups is 1. The van der Waals surface area contributed by atoms with Crippen LogP contribution in [0, 0.1) is 22.7 Å². The van der Waals surface area contributed by atoms with Gasteiger partial charge in [-0.2, -0.15) is 9.57 Å². The fraction of sp³-hybridized carbons (Fsp3) is 0.533. The van der Waals surface area contributed by atoms with Crippen LogP contribution in [-0.2, 0) is 25.9 Å². The van der Waals surface area contributed by atoms with E-state index >= 15 is 0 Å². The molecule has 4 rings (SSSR count). The van der Waals surface area contributed by atoms with Gasteiger partial charge in [0, 0.05) is 31.1 Å². The Morgan fingerprint density at radius 1 is 1.21 bits per heavy atom. The summed E-state index contributed by atoms with van der Waals surface area (Å²) in [5.74, 6) is -0.231. The maximum Gasteiger partial charge on any atom is 0.243 e. The highest BCUT2D eigenvalue weighted by Crippen LogP contribution is 2.36. The van der Waals surface area contributed by atoms with E-state index in [0.717, 1.165) is 10.5 Å². The van der Waals surface area contributed by atoms with Crippen LogP contribution >= 0.6 is 0 Å². The van der Waals surface area contributed by atoms with Crippen molar-refractivity contribution in [3.05, 3.63) is 60.2 Å². The number of rotatable bonds is 13. The maximum absolute atomic E-state index is 14.0. The van der Waals surface area contributed by atoms with Crippen LogP contribution in [0.1, 0.15) is 38.7 Å². The number of nitriles is 1. The third kappa shape index (κ3) is 7.40. The number of aliphatic hydroxyl groups is 1. The quantitative estimate of drug-likeness (QED) is 0.327. The summed E-state index contributed by atoms with van der Waals surface area (Å²) in [4.78, 5) is 13.8. The van der Waals surface area contributed by atoms with Crippen LogP contribution < -0.4 is 10.8 Å². The van der Waals surface area contributed by atoms with Gasteiger partial charge in [-0.05, 0) is 48.4 Å². The summed E-state index contributed by atoms with van der Waals surface area (Å²) in [5.41, 5.74) is 6.31. The number of benzene rings is 2. The van der Waals surface area contributed by atoms with Crippen LogP contribution in [0.2, 0.25) is 0 Å². The number of anilines is 1. The fourth-order valence-corrected chi connectivity index (χ4v) is 7.58. The second-order valence-corrected chi connectivity index (χ2v) is 13.7. The lowest BCUT2D eigenvalue weighted by atomic mass is 9.87. The highest BCUT2D eigenvalue weighted by atomic mass is 32.2. The van der Waals surface area contributed by atoms with E-state index in [0.29, 0.717) is 19.4 Å². The summed E-state index contributed by atoms with van der Waals surface area (Å²) < 4.78 is 40.5. The SMILES string of the molecule is CC(C)(CCC#N)CN(C[C@@H](O)[C@H](Cc1ccccc1)N(C(=O)[O-])[C@@H]1CO[C@@H]2OCC[C@@H]21)S(=O)(=O)c1cccc(N)c1. The molecule has 12 heteroatoms. The highest BCUT2D eigenvalue weighted by Gasteiger charge is 2.47. The van der Waals surface area contributed by atoms with E-state index in [9.17, 15) is 23.4 Å². The lowest BCUT2D eigenvalue weighted by Gasteiger charge is -2.43. The van der Waals surface area contributed by atoms with Crippen molar-refractivity contribution in [2.75, 3.05) is 32.0 Å².